The molecular formula is C31H35N7O2. The number of aryl methyl sites for hydroxylation is 1. The normalized spacial score (nSPS) is 19.0. The van der Waals surface area contributed by atoms with E-state index in [0.29, 0.717) is 30.8 Å². The molecule has 2 aliphatic heterocycles. The number of fused-ring (bicyclic) bond motifs is 2. The third-order valence-corrected chi connectivity index (χ3v) is 8.34. The van der Waals surface area contributed by atoms with Gasteiger partial charge in [-0.1, -0.05) is 36.9 Å². The van der Waals surface area contributed by atoms with Gasteiger partial charge in [0.15, 0.2) is 11.6 Å². The third-order valence-electron chi connectivity index (χ3n) is 8.34. The summed E-state index contributed by atoms with van der Waals surface area (Å²) in [6, 6.07) is 15.0. The van der Waals surface area contributed by atoms with Crippen LogP contribution >= 0.6 is 0 Å². The quantitative estimate of drug-likeness (QED) is 0.343. The summed E-state index contributed by atoms with van der Waals surface area (Å²) in [5.74, 6) is 0.801. The highest BCUT2D eigenvalue weighted by atomic mass is 16.5. The molecular weight excluding hydrogens is 502 g/mol. The monoisotopic (exact) mass is 537 g/mol. The van der Waals surface area contributed by atoms with Crippen molar-refractivity contribution in [3.05, 3.63) is 78.1 Å². The molecule has 2 aromatic heterocycles. The lowest BCUT2D eigenvalue weighted by atomic mass is 10.00. The molecule has 0 aliphatic carbocycles. The summed E-state index contributed by atoms with van der Waals surface area (Å²) in [5.41, 5.74) is 4.37. The number of nitrogens with one attached hydrogen (secondary N) is 1. The van der Waals surface area contributed by atoms with Crippen molar-refractivity contribution in [1.29, 1.82) is 0 Å². The molecule has 4 aromatic rings. The van der Waals surface area contributed by atoms with Gasteiger partial charge < -0.3 is 15.0 Å². The lowest BCUT2D eigenvalue weighted by Gasteiger charge is -2.33. The highest BCUT2D eigenvalue weighted by molar-refractivity contribution is 5.98. The van der Waals surface area contributed by atoms with Crippen LogP contribution in [0.1, 0.15) is 36.6 Å². The van der Waals surface area contributed by atoms with Crippen molar-refractivity contribution < 1.29 is 9.53 Å². The second-order valence-corrected chi connectivity index (χ2v) is 11.0. The van der Waals surface area contributed by atoms with Crippen LogP contribution in [0.3, 0.4) is 0 Å². The Morgan fingerprint density at radius 2 is 2.00 bits per heavy atom. The number of likely N-dealkylation sites (N-methyl/N-ethyl adjacent to an activating group) is 1. The number of likely N-dealkylation sites (tertiary alicyclic amines) is 1. The first-order chi connectivity index (χ1) is 19.3. The molecule has 1 saturated heterocycles. The van der Waals surface area contributed by atoms with E-state index in [1.807, 2.05) is 0 Å². The van der Waals surface area contributed by atoms with Gasteiger partial charge in [0.2, 0.25) is 5.91 Å². The van der Waals surface area contributed by atoms with Gasteiger partial charge in [-0.05, 0) is 69.8 Å². The first-order valence-electron chi connectivity index (χ1n) is 13.8. The number of amides is 1. The SMILES string of the molecule is C=CC(=O)Nc1ccn(-c2nc(OC[C@]3(C)CCCN3C)nc3c2CCN(c2cccc4cccc(C)c24)C3)n1. The van der Waals surface area contributed by atoms with E-state index in [1.165, 1.54) is 28.1 Å². The predicted molar refractivity (Wildman–Crippen MR) is 157 cm³/mol. The Kier molecular flexibility index (Phi) is 6.75. The molecule has 1 N–H and O–H groups in total. The number of benzene rings is 2. The van der Waals surface area contributed by atoms with Crippen LogP contribution in [0.2, 0.25) is 0 Å². The van der Waals surface area contributed by atoms with Crippen LogP contribution in [0.5, 0.6) is 6.01 Å². The van der Waals surface area contributed by atoms with Crippen LogP contribution < -0.4 is 15.0 Å². The Labute approximate surface area is 234 Å². The number of nitrogens with zero attached hydrogens (tertiary/aromatic N) is 6. The molecule has 6 rings (SSSR count). The highest BCUT2D eigenvalue weighted by Crippen LogP contribution is 2.34. The van der Waals surface area contributed by atoms with Crippen molar-refractivity contribution in [2.24, 2.45) is 0 Å². The van der Waals surface area contributed by atoms with Gasteiger partial charge in [0.1, 0.15) is 6.61 Å². The van der Waals surface area contributed by atoms with Crippen molar-refractivity contribution in [3.63, 3.8) is 0 Å². The molecule has 0 bridgehead atoms. The lowest BCUT2D eigenvalue weighted by Crippen LogP contribution is -2.43. The number of hydrogen-bond acceptors (Lipinski definition) is 7. The van der Waals surface area contributed by atoms with Gasteiger partial charge in [-0.25, -0.2) is 4.68 Å². The minimum Gasteiger partial charge on any atom is -0.461 e. The number of hydrogen-bond donors (Lipinski definition) is 1. The molecule has 9 nitrogen and oxygen atoms in total. The fraction of sp³-hybridized carbons (Fsp3) is 0.355. The summed E-state index contributed by atoms with van der Waals surface area (Å²) >= 11 is 0. The van der Waals surface area contributed by atoms with Crippen molar-refractivity contribution in [2.45, 2.75) is 45.2 Å². The molecule has 0 spiro atoms. The number of anilines is 2. The Morgan fingerprint density at radius 1 is 1.18 bits per heavy atom. The standard InChI is InChI=1S/C31H35N7O2/c1-5-27(39)33-26-14-18-38(35-26)29-23-13-17-37(25-12-7-11-22-10-6-9-21(2)28(22)25)19-24(23)32-30(34-29)40-20-31(3)15-8-16-36(31)4/h5-7,9-12,14,18H,1,8,13,15-17,19-20H2,2-4H3,(H,33,35,39)/t31-/m0/s1. The molecule has 1 atom stereocenters. The van der Waals surface area contributed by atoms with Crippen LogP contribution in [-0.2, 0) is 17.8 Å². The predicted octanol–water partition coefficient (Wildman–Crippen LogP) is 4.67. The second kappa shape index (κ2) is 10.4. The number of rotatable bonds is 7. The maximum atomic E-state index is 11.8. The maximum absolute atomic E-state index is 11.8. The smallest absolute Gasteiger partial charge is 0.318 e. The molecule has 206 valence electrons. The van der Waals surface area contributed by atoms with E-state index in [9.17, 15) is 4.79 Å². The Balaban J connectivity index is 1.37. The zero-order chi connectivity index (χ0) is 27.9. The average Bonchev–Trinajstić information content (AvgIpc) is 3.56. The van der Waals surface area contributed by atoms with Gasteiger partial charge in [0.25, 0.3) is 0 Å². The minimum atomic E-state index is -0.311. The van der Waals surface area contributed by atoms with E-state index in [-0.39, 0.29) is 11.4 Å². The van der Waals surface area contributed by atoms with E-state index in [4.69, 9.17) is 14.7 Å². The molecule has 40 heavy (non-hydrogen) atoms. The van der Waals surface area contributed by atoms with Crippen molar-refractivity contribution in [2.75, 3.05) is 37.0 Å². The summed E-state index contributed by atoms with van der Waals surface area (Å²) in [6.45, 7) is 10.9. The van der Waals surface area contributed by atoms with Crippen molar-refractivity contribution >= 4 is 28.2 Å². The summed E-state index contributed by atoms with van der Waals surface area (Å²) in [4.78, 5) is 26.4. The van der Waals surface area contributed by atoms with Crippen LogP contribution in [0, 0.1) is 6.92 Å². The van der Waals surface area contributed by atoms with Gasteiger partial charge in [0, 0.05) is 35.4 Å². The van der Waals surface area contributed by atoms with Crippen LogP contribution in [0.25, 0.3) is 16.6 Å². The average molecular weight is 538 g/mol. The summed E-state index contributed by atoms with van der Waals surface area (Å²) in [6.07, 6.45) is 6.00. The van der Waals surface area contributed by atoms with Gasteiger partial charge >= 0.3 is 6.01 Å². The van der Waals surface area contributed by atoms with Crippen molar-refractivity contribution in [3.8, 4) is 11.8 Å². The number of aromatic nitrogens is 4. The Hall–Kier alpha value is -4.24. The van der Waals surface area contributed by atoms with E-state index < -0.39 is 0 Å². The fourth-order valence-electron chi connectivity index (χ4n) is 5.86. The van der Waals surface area contributed by atoms with Gasteiger partial charge in [-0.3, -0.25) is 9.69 Å². The summed E-state index contributed by atoms with van der Waals surface area (Å²) in [5, 5.41) is 9.80. The Bertz CT molecular complexity index is 1590. The van der Waals surface area contributed by atoms with E-state index in [0.717, 1.165) is 43.6 Å². The van der Waals surface area contributed by atoms with Gasteiger partial charge in [-0.15, -0.1) is 5.10 Å². The van der Waals surface area contributed by atoms with Crippen LogP contribution in [0.15, 0.2) is 61.3 Å². The minimum absolute atomic E-state index is 0.0558. The molecule has 0 radical (unpaired) electrons. The largest absolute Gasteiger partial charge is 0.461 e. The van der Waals surface area contributed by atoms with Gasteiger partial charge in [-0.2, -0.15) is 9.97 Å². The zero-order valence-corrected chi connectivity index (χ0v) is 23.4. The molecule has 2 aliphatic rings. The van der Waals surface area contributed by atoms with Crippen LogP contribution in [0.4, 0.5) is 11.5 Å². The first kappa shape index (κ1) is 26.0. The molecule has 1 amide bonds. The Morgan fingerprint density at radius 3 is 2.77 bits per heavy atom. The van der Waals surface area contributed by atoms with Gasteiger partial charge in [0.05, 0.1) is 17.8 Å². The molecule has 2 aromatic carbocycles. The molecule has 4 heterocycles. The maximum Gasteiger partial charge on any atom is 0.318 e. The topological polar surface area (TPSA) is 88.4 Å². The van der Waals surface area contributed by atoms with E-state index in [1.54, 1.807) is 16.9 Å². The lowest BCUT2D eigenvalue weighted by molar-refractivity contribution is -0.111. The number of carbonyl (C=O) groups excluding carboxylic acids is 1. The second-order valence-electron chi connectivity index (χ2n) is 11.0. The third kappa shape index (κ3) is 4.81. The number of carbonyl (C=O) groups is 1. The number of ether oxygens (including phenoxy) is 1. The molecule has 1 fully saturated rings. The zero-order valence-electron chi connectivity index (χ0n) is 23.4. The van der Waals surface area contributed by atoms with E-state index in [2.05, 4.69) is 84.1 Å². The fourth-order valence-corrected chi connectivity index (χ4v) is 5.86. The first-order valence-corrected chi connectivity index (χ1v) is 13.8. The summed E-state index contributed by atoms with van der Waals surface area (Å²) < 4.78 is 8.01. The molecule has 0 unspecified atom stereocenters. The molecule has 0 saturated carbocycles. The van der Waals surface area contributed by atoms with E-state index >= 15 is 0 Å². The molecule has 9 heteroatoms. The summed E-state index contributed by atoms with van der Waals surface area (Å²) in [7, 11) is 2.14. The van der Waals surface area contributed by atoms with Crippen molar-refractivity contribution in [1.82, 2.24) is 24.6 Å². The highest BCUT2D eigenvalue weighted by Gasteiger charge is 2.35. The van der Waals surface area contributed by atoms with Crippen LogP contribution in [-0.4, -0.2) is 62.8 Å².